The van der Waals surface area contributed by atoms with E-state index in [-0.39, 0.29) is 5.41 Å². The number of pyridine rings is 1. The van der Waals surface area contributed by atoms with Gasteiger partial charge in [0.15, 0.2) is 0 Å². The van der Waals surface area contributed by atoms with Crippen LogP contribution in [-0.4, -0.2) is 4.98 Å². The predicted octanol–water partition coefficient (Wildman–Crippen LogP) is 13.7. The molecule has 0 unspecified atom stereocenters. The summed E-state index contributed by atoms with van der Waals surface area (Å²) < 4.78 is 0. The van der Waals surface area contributed by atoms with E-state index in [0.29, 0.717) is 0 Å². The number of rotatable bonds is 7. The largest absolute Gasteiger partial charge is 0.310 e. The van der Waals surface area contributed by atoms with E-state index >= 15 is 0 Å². The molecule has 3 heteroatoms. The summed E-state index contributed by atoms with van der Waals surface area (Å²) in [5, 5.41) is 0. The van der Waals surface area contributed by atoms with Crippen molar-refractivity contribution < 1.29 is 0 Å². The Morgan fingerprint density at radius 2 is 1.00 bits per heavy atom. The van der Waals surface area contributed by atoms with Gasteiger partial charge >= 0.3 is 0 Å². The molecule has 1 aliphatic heterocycles. The molecule has 0 aliphatic carbocycles. The number of anilines is 6. The van der Waals surface area contributed by atoms with E-state index in [1.54, 1.807) is 0 Å². The monoisotopic (exact) mass is 681 g/mol. The van der Waals surface area contributed by atoms with Crippen molar-refractivity contribution in [2.75, 3.05) is 9.80 Å². The first-order chi connectivity index (χ1) is 26.1. The lowest BCUT2D eigenvalue weighted by Gasteiger charge is -2.42. The molecule has 254 valence electrons. The Morgan fingerprint density at radius 1 is 0.453 bits per heavy atom. The van der Waals surface area contributed by atoms with Gasteiger partial charge in [0.25, 0.3) is 0 Å². The van der Waals surface area contributed by atoms with Gasteiger partial charge in [0, 0.05) is 40.4 Å². The number of hydrogen-bond donors (Lipinski definition) is 0. The zero-order valence-electron chi connectivity index (χ0n) is 29.9. The van der Waals surface area contributed by atoms with Gasteiger partial charge < -0.3 is 9.80 Å². The average molecular weight is 682 g/mol. The van der Waals surface area contributed by atoms with Crippen LogP contribution in [0.1, 0.15) is 25.0 Å². The third kappa shape index (κ3) is 5.87. The van der Waals surface area contributed by atoms with Crippen LogP contribution in [0.15, 0.2) is 200 Å². The highest BCUT2D eigenvalue weighted by Crippen LogP contribution is 2.53. The molecule has 53 heavy (non-hydrogen) atoms. The summed E-state index contributed by atoms with van der Waals surface area (Å²) in [6.45, 7) is 4.69. The Kier molecular flexibility index (Phi) is 8.17. The molecule has 0 N–H and O–H groups in total. The first-order valence-electron chi connectivity index (χ1n) is 18.2. The number of aromatic nitrogens is 1. The molecule has 0 saturated heterocycles. The third-order valence-corrected chi connectivity index (χ3v) is 10.6. The molecular weight excluding hydrogens is 643 g/mol. The van der Waals surface area contributed by atoms with Gasteiger partial charge in [0.2, 0.25) is 0 Å². The molecule has 0 saturated carbocycles. The number of fused-ring (bicyclic) bond motifs is 2. The number of hydrogen-bond acceptors (Lipinski definition) is 3. The van der Waals surface area contributed by atoms with Gasteiger partial charge in [0.1, 0.15) is 0 Å². The fourth-order valence-corrected chi connectivity index (χ4v) is 7.85. The lowest BCUT2D eigenvalue weighted by molar-refractivity contribution is 0.632. The van der Waals surface area contributed by atoms with Crippen molar-refractivity contribution in [2.45, 2.75) is 19.3 Å². The zero-order chi connectivity index (χ0) is 35.8. The van der Waals surface area contributed by atoms with Crippen molar-refractivity contribution in [3.63, 3.8) is 0 Å². The maximum absolute atomic E-state index is 4.35. The summed E-state index contributed by atoms with van der Waals surface area (Å²) in [4.78, 5) is 9.16. The molecular formula is C50H39N3. The van der Waals surface area contributed by atoms with Gasteiger partial charge in [-0.3, -0.25) is 4.98 Å². The highest BCUT2D eigenvalue weighted by Gasteiger charge is 2.37. The predicted molar refractivity (Wildman–Crippen MR) is 222 cm³/mol. The molecule has 7 aromatic carbocycles. The van der Waals surface area contributed by atoms with Gasteiger partial charge in [-0.25, -0.2) is 0 Å². The third-order valence-electron chi connectivity index (χ3n) is 10.6. The normalized spacial score (nSPS) is 12.8. The summed E-state index contributed by atoms with van der Waals surface area (Å²) in [7, 11) is 0. The van der Waals surface area contributed by atoms with Crippen LogP contribution >= 0.6 is 0 Å². The van der Waals surface area contributed by atoms with Crippen molar-refractivity contribution in [1.82, 2.24) is 4.98 Å². The highest BCUT2D eigenvalue weighted by molar-refractivity contribution is 5.93. The summed E-state index contributed by atoms with van der Waals surface area (Å²) >= 11 is 0. The topological polar surface area (TPSA) is 19.4 Å². The molecule has 0 spiro atoms. The van der Waals surface area contributed by atoms with Crippen molar-refractivity contribution in [3.8, 4) is 33.4 Å². The lowest BCUT2D eigenvalue weighted by Crippen LogP contribution is -2.30. The van der Waals surface area contributed by atoms with Crippen LogP contribution < -0.4 is 9.80 Å². The van der Waals surface area contributed by atoms with E-state index in [1.807, 2.05) is 18.5 Å². The number of benzene rings is 7. The van der Waals surface area contributed by atoms with Crippen molar-refractivity contribution >= 4 is 34.1 Å². The van der Waals surface area contributed by atoms with Crippen LogP contribution in [0.4, 0.5) is 34.1 Å². The molecule has 0 amide bonds. The van der Waals surface area contributed by atoms with Crippen LogP contribution in [0.25, 0.3) is 33.4 Å². The second-order valence-electron chi connectivity index (χ2n) is 14.1. The number of para-hydroxylation sites is 3. The Labute approximate surface area is 312 Å². The van der Waals surface area contributed by atoms with E-state index < -0.39 is 0 Å². The summed E-state index contributed by atoms with van der Waals surface area (Å²) in [5.41, 5.74) is 16.2. The van der Waals surface area contributed by atoms with E-state index in [1.165, 1.54) is 33.6 Å². The Bertz CT molecular complexity index is 2420. The highest BCUT2D eigenvalue weighted by atomic mass is 15.2. The molecule has 1 aliphatic rings. The first kappa shape index (κ1) is 32.2. The SMILES string of the molecule is CC1(C)c2ccccc2N(c2ccccc2)c2cc(-c3ccccc3N(c3ccc(-c4ccccc4)cc3)c3ccc(-c4cccnc4)cc3)ccc21. The van der Waals surface area contributed by atoms with Crippen LogP contribution in [0, 0.1) is 0 Å². The summed E-state index contributed by atoms with van der Waals surface area (Å²) in [5.74, 6) is 0. The molecule has 1 aromatic heterocycles. The van der Waals surface area contributed by atoms with Gasteiger partial charge in [-0.05, 0) is 99.6 Å². The maximum atomic E-state index is 4.35. The van der Waals surface area contributed by atoms with Crippen molar-refractivity contribution in [3.05, 3.63) is 212 Å². The van der Waals surface area contributed by atoms with E-state index in [4.69, 9.17) is 0 Å². The minimum absolute atomic E-state index is 0.169. The lowest BCUT2D eigenvalue weighted by atomic mass is 9.73. The Balaban J connectivity index is 1.20. The van der Waals surface area contributed by atoms with Crippen molar-refractivity contribution in [2.24, 2.45) is 0 Å². The summed E-state index contributed by atoms with van der Waals surface area (Å²) in [6.07, 6.45) is 3.73. The fourth-order valence-electron chi connectivity index (χ4n) is 7.85. The Morgan fingerprint density at radius 3 is 1.70 bits per heavy atom. The molecule has 8 aromatic rings. The number of nitrogens with zero attached hydrogens (tertiary/aromatic N) is 3. The van der Waals surface area contributed by atoms with Crippen molar-refractivity contribution in [1.29, 1.82) is 0 Å². The Hall–Kier alpha value is -6.71. The summed E-state index contributed by atoms with van der Waals surface area (Å²) in [6, 6.07) is 67.8. The molecule has 0 bridgehead atoms. The van der Waals surface area contributed by atoms with E-state index in [2.05, 4.69) is 211 Å². The molecule has 0 fully saturated rings. The molecule has 0 radical (unpaired) electrons. The molecule has 9 rings (SSSR count). The van der Waals surface area contributed by atoms with Crippen LogP contribution in [-0.2, 0) is 5.41 Å². The maximum Gasteiger partial charge on any atom is 0.0540 e. The van der Waals surface area contributed by atoms with Gasteiger partial charge in [0.05, 0.1) is 17.1 Å². The molecule has 3 nitrogen and oxygen atoms in total. The first-order valence-corrected chi connectivity index (χ1v) is 18.2. The quantitative estimate of drug-likeness (QED) is 0.167. The molecule has 0 atom stereocenters. The second-order valence-corrected chi connectivity index (χ2v) is 14.1. The van der Waals surface area contributed by atoms with E-state index in [9.17, 15) is 0 Å². The second kappa shape index (κ2) is 13.4. The smallest absolute Gasteiger partial charge is 0.0540 e. The zero-order valence-corrected chi connectivity index (χ0v) is 29.9. The standard InChI is InChI=1S/C50H39N3/c1-50(2)45-20-10-12-22-48(45)53(41-17-7-4-8-18-41)49-34-39(27-32-46(49)50)44-19-9-11-21-47(44)52(42-28-23-37(24-29-42)36-14-5-3-6-15-36)43-30-25-38(26-31-43)40-16-13-33-51-35-40/h3-35H,1-2H3. The van der Waals surface area contributed by atoms with Crippen LogP contribution in [0.5, 0.6) is 0 Å². The van der Waals surface area contributed by atoms with Gasteiger partial charge in [-0.15, -0.1) is 0 Å². The van der Waals surface area contributed by atoms with E-state index in [0.717, 1.165) is 45.0 Å². The van der Waals surface area contributed by atoms with Crippen LogP contribution in [0.2, 0.25) is 0 Å². The fraction of sp³-hybridized carbons (Fsp3) is 0.0600. The van der Waals surface area contributed by atoms with Gasteiger partial charge in [-0.2, -0.15) is 0 Å². The minimum atomic E-state index is -0.169. The average Bonchev–Trinajstić information content (AvgIpc) is 3.23. The molecule has 2 heterocycles. The minimum Gasteiger partial charge on any atom is -0.310 e. The van der Waals surface area contributed by atoms with Crippen LogP contribution in [0.3, 0.4) is 0 Å². The van der Waals surface area contributed by atoms with Gasteiger partial charge in [-0.1, -0.05) is 141 Å².